The Hall–Kier alpha value is -1.89. The molecule has 1 saturated carbocycles. The van der Waals surface area contributed by atoms with Gasteiger partial charge in [-0.1, -0.05) is 49.6 Å². The molecule has 6 heteroatoms. The first kappa shape index (κ1) is 17.9. The van der Waals surface area contributed by atoms with Gasteiger partial charge in [-0.05, 0) is 31.4 Å². The summed E-state index contributed by atoms with van der Waals surface area (Å²) in [4.78, 5) is 0. The average molecular weight is 345 g/mol. The van der Waals surface area contributed by atoms with Gasteiger partial charge in [0.25, 0.3) is 5.91 Å². The molecule has 1 aromatic carbocycles. The lowest BCUT2D eigenvalue weighted by molar-refractivity contribution is -0.193. The molecule has 25 heavy (non-hydrogen) atoms. The number of hydrogen-bond donors (Lipinski definition) is 3. The fourth-order valence-corrected chi connectivity index (χ4v) is 3.29. The third-order valence-corrected chi connectivity index (χ3v) is 4.83. The maximum Gasteiger partial charge on any atom is 0.270 e. The lowest BCUT2D eigenvalue weighted by atomic mass is 9.89. The van der Waals surface area contributed by atoms with E-state index in [0.717, 1.165) is 12.1 Å². The Morgan fingerprint density at radius 1 is 1.20 bits per heavy atom. The number of nitrogens with zero attached hydrogens (tertiary/aromatic N) is 2. The van der Waals surface area contributed by atoms with Crippen LogP contribution in [0.25, 0.3) is 0 Å². The normalized spacial score (nSPS) is 16.1. The third kappa shape index (κ3) is 4.60. The first-order valence-corrected chi connectivity index (χ1v) is 8.97. The summed E-state index contributed by atoms with van der Waals surface area (Å²) < 4.78 is 7.71. The van der Waals surface area contributed by atoms with E-state index in [2.05, 4.69) is 10.4 Å². The van der Waals surface area contributed by atoms with Crippen LogP contribution in [0.4, 0.5) is 0 Å². The molecule has 1 aliphatic rings. The lowest BCUT2D eigenvalue weighted by Crippen LogP contribution is -2.40. The molecule has 3 N–H and O–H groups in total. The maximum absolute atomic E-state index is 10.0. The van der Waals surface area contributed by atoms with Crippen LogP contribution >= 0.6 is 0 Å². The number of aromatic nitrogens is 2. The fourth-order valence-electron chi connectivity index (χ4n) is 3.29. The van der Waals surface area contributed by atoms with E-state index in [0.29, 0.717) is 18.4 Å². The zero-order valence-corrected chi connectivity index (χ0v) is 14.7. The molecular weight excluding hydrogens is 318 g/mol. The largest absolute Gasteiger partial charge is 0.473 e. The van der Waals surface area contributed by atoms with E-state index < -0.39 is 5.91 Å². The zero-order chi connectivity index (χ0) is 17.7. The van der Waals surface area contributed by atoms with Gasteiger partial charge in [0.15, 0.2) is 0 Å². The van der Waals surface area contributed by atoms with Crippen molar-refractivity contribution in [2.24, 2.45) is 5.92 Å². The number of hydrogen-bond acceptors (Lipinski definition) is 5. The molecule has 1 aliphatic carbocycles. The van der Waals surface area contributed by atoms with E-state index in [1.165, 1.54) is 39.2 Å². The lowest BCUT2D eigenvalue weighted by Gasteiger charge is -2.22. The molecule has 0 bridgehead atoms. The number of nitrogens with one attached hydrogen (secondary N) is 1. The zero-order valence-electron chi connectivity index (χ0n) is 14.7. The van der Waals surface area contributed by atoms with E-state index in [1.54, 1.807) is 10.7 Å². The molecular formula is C19H27N3O3. The van der Waals surface area contributed by atoms with Crippen molar-refractivity contribution in [1.29, 1.82) is 0 Å². The van der Waals surface area contributed by atoms with E-state index >= 15 is 0 Å². The van der Waals surface area contributed by atoms with Crippen LogP contribution in [0.2, 0.25) is 0 Å². The average Bonchev–Trinajstić information content (AvgIpc) is 3.05. The number of rotatable bonds is 7. The highest BCUT2D eigenvalue weighted by molar-refractivity contribution is 5.21. The predicted molar refractivity (Wildman–Crippen MR) is 94.8 cm³/mol. The molecule has 0 saturated heterocycles. The van der Waals surface area contributed by atoms with E-state index in [1.807, 2.05) is 30.3 Å². The molecule has 6 nitrogen and oxygen atoms in total. The topological polar surface area (TPSA) is 79.5 Å². The van der Waals surface area contributed by atoms with Gasteiger partial charge in [0.2, 0.25) is 5.88 Å². The Labute approximate surface area is 148 Å². The molecule has 136 valence electrons. The highest BCUT2D eigenvalue weighted by Crippen LogP contribution is 2.28. The number of aliphatic hydroxyl groups is 2. The first-order valence-electron chi connectivity index (χ1n) is 8.97. The highest BCUT2D eigenvalue weighted by Gasteiger charge is 2.29. The predicted octanol–water partition coefficient (Wildman–Crippen LogP) is 2.36. The molecule has 1 fully saturated rings. The van der Waals surface area contributed by atoms with E-state index in [-0.39, 0.29) is 5.69 Å². The van der Waals surface area contributed by atoms with Crippen molar-refractivity contribution >= 4 is 0 Å². The van der Waals surface area contributed by atoms with Crippen LogP contribution in [0.15, 0.2) is 36.4 Å². The number of benzene rings is 1. The van der Waals surface area contributed by atoms with Gasteiger partial charge >= 0.3 is 0 Å². The van der Waals surface area contributed by atoms with Crippen LogP contribution in [0, 0.1) is 5.92 Å². The quantitative estimate of drug-likeness (QED) is 0.671. The van der Waals surface area contributed by atoms with Crippen LogP contribution in [-0.4, -0.2) is 27.0 Å². The summed E-state index contributed by atoms with van der Waals surface area (Å²) in [5, 5.41) is 26.9. The second-order valence-electron chi connectivity index (χ2n) is 6.75. The Morgan fingerprint density at radius 3 is 2.60 bits per heavy atom. The van der Waals surface area contributed by atoms with Crippen molar-refractivity contribution in [1.82, 2.24) is 15.1 Å². The van der Waals surface area contributed by atoms with Gasteiger partial charge < -0.3 is 14.9 Å². The molecule has 0 radical (unpaired) electrons. The molecule has 1 aromatic heterocycles. The molecule has 3 rings (SSSR count). The summed E-state index contributed by atoms with van der Waals surface area (Å²) in [6.07, 6.45) is 6.17. The summed E-state index contributed by atoms with van der Waals surface area (Å²) in [5.74, 6) is -1.04. The van der Waals surface area contributed by atoms with Crippen LogP contribution in [0.1, 0.15) is 43.4 Å². The smallest absolute Gasteiger partial charge is 0.270 e. The van der Waals surface area contributed by atoms with Crippen molar-refractivity contribution in [3.05, 3.63) is 47.7 Å². The summed E-state index contributed by atoms with van der Waals surface area (Å²) in [7, 11) is 1.48. The van der Waals surface area contributed by atoms with Crippen LogP contribution in [0.3, 0.4) is 0 Å². The van der Waals surface area contributed by atoms with Crippen molar-refractivity contribution in [3.63, 3.8) is 0 Å². The van der Waals surface area contributed by atoms with E-state index in [4.69, 9.17) is 4.74 Å². The molecule has 0 amide bonds. The van der Waals surface area contributed by atoms with E-state index in [9.17, 15) is 10.2 Å². The van der Waals surface area contributed by atoms with Crippen LogP contribution < -0.4 is 10.1 Å². The molecule has 2 aromatic rings. The first-order chi connectivity index (χ1) is 12.1. The van der Waals surface area contributed by atoms with Crippen molar-refractivity contribution in [2.45, 2.75) is 51.2 Å². The number of ether oxygens (including phenoxy) is 1. The summed E-state index contributed by atoms with van der Waals surface area (Å²) in [6, 6.07) is 11.5. The second kappa shape index (κ2) is 7.99. The molecule has 0 spiro atoms. The maximum atomic E-state index is 10.0. The molecule has 1 heterocycles. The molecule has 0 atom stereocenters. The Morgan fingerprint density at radius 2 is 1.92 bits per heavy atom. The second-order valence-corrected chi connectivity index (χ2v) is 6.75. The Kier molecular flexibility index (Phi) is 5.73. The van der Waals surface area contributed by atoms with Gasteiger partial charge in [0.05, 0.1) is 0 Å². The molecule has 0 unspecified atom stereocenters. The van der Waals surface area contributed by atoms with Crippen molar-refractivity contribution in [2.75, 3.05) is 7.05 Å². The van der Waals surface area contributed by atoms with Gasteiger partial charge in [0.1, 0.15) is 12.3 Å². The van der Waals surface area contributed by atoms with Crippen molar-refractivity contribution in [3.8, 4) is 5.88 Å². The highest BCUT2D eigenvalue weighted by atomic mass is 16.5. The summed E-state index contributed by atoms with van der Waals surface area (Å²) in [6.45, 7) is 1.16. The van der Waals surface area contributed by atoms with Crippen LogP contribution in [0.5, 0.6) is 5.88 Å². The minimum atomic E-state index is -2.16. The fraction of sp³-hybridized carbons (Fsp3) is 0.526. The van der Waals surface area contributed by atoms with Gasteiger partial charge in [-0.15, -0.1) is 0 Å². The molecule has 0 aliphatic heterocycles. The minimum Gasteiger partial charge on any atom is -0.473 e. The van der Waals surface area contributed by atoms with Gasteiger partial charge in [-0.3, -0.25) is 5.32 Å². The van der Waals surface area contributed by atoms with Crippen LogP contribution in [-0.2, 0) is 19.1 Å². The summed E-state index contributed by atoms with van der Waals surface area (Å²) in [5.41, 5.74) is 1.20. The standard InChI is InChI=1S/C19H27N3O3/c1-20-19(23,24)17-12-18(25-14-16-10-6-3-7-11-16)22(21-17)13-15-8-4-2-5-9-15/h3,6-7,10-12,15,20,23-24H,2,4-5,8-9,13-14H2,1H3. The minimum absolute atomic E-state index is 0.147. The van der Waals surface area contributed by atoms with Crippen molar-refractivity contribution < 1.29 is 14.9 Å². The third-order valence-electron chi connectivity index (χ3n) is 4.83. The van der Waals surface area contributed by atoms with Gasteiger partial charge in [-0.2, -0.15) is 5.10 Å². The monoisotopic (exact) mass is 345 g/mol. The Balaban J connectivity index is 1.77. The van der Waals surface area contributed by atoms with Gasteiger partial charge in [0, 0.05) is 12.6 Å². The Bertz CT molecular complexity index is 664. The summed E-state index contributed by atoms with van der Waals surface area (Å²) >= 11 is 0. The SMILES string of the molecule is CNC(O)(O)c1cc(OCc2ccccc2)n(CC2CCCCC2)n1. The van der Waals surface area contributed by atoms with Gasteiger partial charge in [-0.25, -0.2) is 4.68 Å².